The number of benzene rings is 2. The molecule has 0 bridgehead atoms. The average molecular weight is 631 g/mol. The smallest absolute Gasteiger partial charge is 0.166 e. The Bertz CT molecular complexity index is 1830. The van der Waals surface area contributed by atoms with Crippen molar-refractivity contribution in [2.75, 3.05) is 26.8 Å². The first-order valence-electron chi connectivity index (χ1n) is 14.7. The Morgan fingerprint density at radius 3 is 2.47 bits per heavy atom. The molecule has 0 atom stereocenters. The number of nitrogens with one attached hydrogen (secondary N) is 1. The van der Waals surface area contributed by atoms with Crippen LogP contribution in [0.1, 0.15) is 24.0 Å². The first-order chi connectivity index (χ1) is 21.8. The van der Waals surface area contributed by atoms with E-state index < -0.39 is 11.2 Å². The minimum Gasteiger partial charge on any atom is -0.453 e. The monoisotopic (exact) mass is 630 g/mol. The molecule has 0 amide bonds. The minimum absolute atomic E-state index is 0.0240. The van der Waals surface area contributed by atoms with Gasteiger partial charge in [0.15, 0.2) is 23.1 Å². The molecule has 0 spiro atoms. The number of halogens is 2. The summed E-state index contributed by atoms with van der Waals surface area (Å²) in [6, 6.07) is 13.8. The molecule has 0 unspecified atom stereocenters. The highest BCUT2D eigenvalue weighted by Crippen LogP contribution is 2.49. The molecule has 1 aliphatic carbocycles. The molecule has 11 heteroatoms. The lowest BCUT2D eigenvalue weighted by Gasteiger charge is -2.14. The Hall–Kier alpha value is -4.32. The van der Waals surface area contributed by atoms with Crippen LogP contribution in [0.4, 0.5) is 8.78 Å². The number of thiophene rings is 1. The number of methoxy groups -OCH3 is 1. The Balaban J connectivity index is 1.11. The van der Waals surface area contributed by atoms with Gasteiger partial charge >= 0.3 is 0 Å². The number of rotatable bonds is 15. The van der Waals surface area contributed by atoms with Gasteiger partial charge in [-0.05, 0) is 54.3 Å². The van der Waals surface area contributed by atoms with Crippen LogP contribution in [0.5, 0.6) is 11.5 Å². The topological polar surface area (TPSA) is 95.3 Å². The number of hydrogen-bond donors (Lipinski definition) is 1. The summed E-state index contributed by atoms with van der Waals surface area (Å²) in [4.78, 5) is 31.6. The van der Waals surface area contributed by atoms with Gasteiger partial charge in [0.2, 0.25) is 0 Å². The SMILES string of the molecule is COCCNCCn1cc(-c2cc3nccc(Oc4ccc(CC(=O)C5(C(=O)Cc6ccc(F)cc6)CC5)cc4F)c3s2)cn1. The van der Waals surface area contributed by atoms with Crippen molar-refractivity contribution < 1.29 is 27.8 Å². The number of Topliss-reactive ketones (excluding diaryl/α,β-unsaturated/α-hetero) is 2. The molecule has 2 aromatic carbocycles. The lowest BCUT2D eigenvalue weighted by molar-refractivity contribution is -0.133. The molecule has 3 heterocycles. The lowest BCUT2D eigenvalue weighted by atomic mass is 9.88. The zero-order chi connectivity index (χ0) is 31.4. The number of hydrogen-bond acceptors (Lipinski definition) is 8. The number of aromatic nitrogens is 3. The third kappa shape index (κ3) is 7.00. The molecular formula is C34H32F2N4O4S. The molecule has 5 aromatic rings. The summed E-state index contributed by atoms with van der Waals surface area (Å²) in [7, 11) is 1.67. The zero-order valence-electron chi connectivity index (χ0n) is 24.7. The first kappa shape index (κ1) is 30.7. The maximum Gasteiger partial charge on any atom is 0.166 e. The molecule has 1 fully saturated rings. The van der Waals surface area contributed by atoms with Crippen LogP contribution in [-0.4, -0.2) is 53.1 Å². The second kappa shape index (κ2) is 13.4. The van der Waals surface area contributed by atoms with Gasteiger partial charge < -0.3 is 14.8 Å². The van der Waals surface area contributed by atoms with E-state index in [0.717, 1.165) is 40.3 Å². The predicted molar refractivity (Wildman–Crippen MR) is 168 cm³/mol. The van der Waals surface area contributed by atoms with Gasteiger partial charge in [0, 0.05) is 61.9 Å². The molecule has 45 heavy (non-hydrogen) atoms. The van der Waals surface area contributed by atoms with Crippen molar-refractivity contribution in [2.45, 2.75) is 32.2 Å². The van der Waals surface area contributed by atoms with E-state index in [2.05, 4.69) is 15.4 Å². The van der Waals surface area contributed by atoms with Crippen molar-refractivity contribution in [1.82, 2.24) is 20.1 Å². The van der Waals surface area contributed by atoms with Gasteiger partial charge in [-0.3, -0.25) is 19.3 Å². The van der Waals surface area contributed by atoms with E-state index in [1.165, 1.54) is 35.6 Å². The van der Waals surface area contributed by atoms with Crippen molar-refractivity contribution in [2.24, 2.45) is 5.41 Å². The third-order valence-electron chi connectivity index (χ3n) is 7.97. The molecular weight excluding hydrogens is 598 g/mol. The van der Waals surface area contributed by atoms with Crippen LogP contribution in [0.15, 0.2) is 73.2 Å². The Morgan fingerprint density at radius 1 is 0.978 bits per heavy atom. The fourth-order valence-corrected chi connectivity index (χ4v) is 6.29. The summed E-state index contributed by atoms with van der Waals surface area (Å²) < 4.78 is 42.2. The van der Waals surface area contributed by atoms with Gasteiger partial charge in [0.1, 0.15) is 11.6 Å². The summed E-state index contributed by atoms with van der Waals surface area (Å²) in [5.74, 6) is -0.902. The third-order valence-corrected chi connectivity index (χ3v) is 9.16. The highest BCUT2D eigenvalue weighted by atomic mass is 32.1. The van der Waals surface area contributed by atoms with Gasteiger partial charge in [0.25, 0.3) is 0 Å². The predicted octanol–water partition coefficient (Wildman–Crippen LogP) is 6.17. The van der Waals surface area contributed by atoms with E-state index in [9.17, 15) is 14.0 Å². The number of carbonyl (C=O) groups excluding carboxylic acids is 2. The number of carbonyl (C=O) groups is 2. The maximum absolute atomic E-state index is 15.3. The van der Waals surface area contributed by atoms with Gasteiger partial charge in [-0.15, -0.1) is 11.3 Å². The van der Waals surface area contributed by atoms with E-state index in [0.29, 0.717) is 36.3 Å². The van der Waals surface area contributed by atoms with Crippen molar-refractivity contribution in [3.8, 4) is 21.9 Å². The number of nitrogens with zero attached hydrogens (tertiary/aromatic N) is 3. The zero-order valence-corrected chi connectivity index (χ0v) is 25.5. The van der Waals surface area contributed by atoms with Crippen molar-refractivity contribution in [3.05, 3.63) is 95.9 Å². The Labute approximate surface area is 263 Å². The highest BCUT2D eigenvalue weighted by Gasteiger charge is 2.54. The lowest BCUT2D eigenvalue weighted by Crippen LogP contribution is -2.28. The van der Waals surface area contributed by atoms with E-state index in [1.54, 1.807) is 37.6 Å². The van der Waals surface area contributed by atoms with Crippen LogP contribution >= 0.6 is 11.3 Å². The van der Waals surface area contributed by atoms with E-state index in [1.807, 2.05) is 23.1 Å². The quantitative estimate of drug-likeness (QED) is 0.109. The van der Waals surface area contributed by atoms with E-state index in [-0.39, 0.29) is 36.0 Å². The fourth-order valence-electron chi connectivity index (χ4n) is 5.25. The van der Waals surface area contributed by atoms with Crippen LogP contribution in [0, 0.1) is 17.0 Å². The number of ketones is 2. The highest BCUT2D eigenvalue weighted by molar-refractivity contribution is 7.22. The number of pyridine rings is 1. The minimum atomic E-state index is -1.04. The van der Waals surface area contributed by atoms with Gasteiger partial charge in [-0.1, -0.05) is 18.2 Å². The molecule has 232 valence electrons. The molecule has 1 N–H and O–H groups in total. The first-order valence-corrected chi connectivity index (χ1v) is 15.5. The average Bonchev–Trinajstić information content (AvgIpc) is 3.52. The molecule has 0 saturated heterocycles. The van der Waals surface area contributed by atoms with E-state index in [4.69, 9.17) is 9.47 Å². The van der Waals surface area contributed by atoms with Crippen LogP contribution in [0.25, 0.3) is 20.7 Å². The molecule has 0 aliphatic heterocycles. The van der Waals surface area contributed by atoms with Crippen molar-refractivity contribution >= 4 is 33.1 Å². The normalized spacial score (nSPS) is 13.7. The maximum atomic E-state index is 15.3. The Morgan fingerprint density at radius 2 is 1.73 bits per heavy atom. The molecule has 6 rings (SSSR count). The van der Waals surface area contributed by atoms with Crippen LogP contribution in [-0.2, 0) is 33.7 Å². The summed E-state index contributed by atoms with van der Waals surface area (Å²) in [5, 5.41) is 7.75. The van der Waals surface area contributed by atoms with Crippen LogP contribution < -0.4 is 10.1 Å². The number of ether oxygens (including phenoxy) is 2. The van der Waals surface area contributed by atoms with E-state index >= 15 is 4.39 Å². The largest absolute Gasteiger partial charge is 0.453 e. The molecule has 1 aliphatic rings. The van der Waals surface area contributed by atoms with Gasteiger partial charge in [0.05, 0.1) is 35.0 Å². The van der Waals surface area contributed by atoms with Crippen molar-refractivity contribution in [3.63, 3.8) is 0 Å². The molecule has 0 radical (unpaired) electrons. The summed E-state index contributed by atoms with van der Waals surface area (Å²) in [6.45, 7) is 2.92. The second-order valence-corrected chi connectivity index (χ2v) is 12.2. The van der Waals surface area contributed by atoms with Crippen LogP contribution in [0.3, 0.4) is 0 Å². The molecule has 3 aromatic heterocycles. The summed E-state index contributed by atoms with van der Waals surface area (Å²) >= 11 is 1.48. The summed E-state index contributed by atoms with van der Waals surface area (Å²) in [6.07, 6.45) is 6.36. The molecule has 1 saturated carbocycles. The Kier molecular flexibility index (Phi) is 9.11. The van der Waals surface area contributed by atoms with Gasteiger partial charge in [-0.25, -0.2) is 8.78 Å². The standard InChI is InChI=1S/C34H32F2N4O4S/c1-43-15-13-37-12-14-40-21-24(20-39-40)30-19-27-33(45-30)29(8-11-38-27)44-28-7-4-23(16-26(28)36)18-32(42)34(9-10-34)31(41)17-22-2-5-25(35)6-3-22/h2-8,11,16,19-21,37H,9-10,12-15,17-18H2,1H3. The number of fused-ring (bicyclic) bond motifs is 1. The fraction of sp³-hybridized carbons (Fsp3) is 0.294. The summed E-state index contributed by atoms with van der Waals surface area (Å²) in [5.41, 5.74) is 1.76. The van der Waals surface area contributed by atoms with Gasteiger partial charge in [-0.2, -0.15) is 5.10 Å². The molecule has 8 nitrogen and oxygen atoms in total. The van der Waals surface area contributed by atoms with Crippen molar-refractivity contribution in [1.29, 1.82) is 0 Å². The van der Waals surface area contributed by atoms with Crippen LogP contribution in [0.2, 0.25) is 0 Å². The second-order valence-electron chi connectivity index (χ2n) is 11.1.